The molecule has 3 atom stereocenters. The van der Waals surface area contributed by atoms with Crippen molar-refractivity contribution in [1.82, 2.24) is 10.2 Å². The van der Waals surface area contributed by atoms with Crippen LogP contribution in [0.15, 0.2) is 29.5 Å². The number of β-lactam (4-membered cyclic amide) rings is 1. The molecule has 2 unspecified atom stereocenters. The number of nitrogens with two attached hydrogens (primary N) is 1. The van der Waals surface area contributed by atoms with Crippen molar-refractivity contribution in [3.05, 3.63) is 40.1 Å². The summed E-state index contributed by atoms with van der Waals surface area (Å²) in [6.45, 7) is 1.03. The fraction of sp³-hybridized carbons (Fsp3) is 0.400. The Bertz CT molecular complexity index is 1050. The van der Waals surface area contributed by atoms with Gasteiger partial charge in [-0.1, -0.05) is 17.7 Å². The van der Waals surface area contributed by atoms with Crippen LogP contribution >= 0.6 is 23.4 Å². The fourth-order valence-electron chi connectivity index (χ4n) is 3.46. The van der Waals surface area contributed by atoms with E-state index in [0.717, 1.165) is 12.0 Å². The second kappa shape index (κ2) is 9.59. The molecule has 0 spiro atoms. The summed E-state index contributed by atoms with van der Waals surface area (Å²) in [4.78, 5) is 50.8. The Labute approximate surface area is 198 Å². The number of benzene rings is 1. The number of phenols is 1. The number of hydrogen-bond donors (Lipinski definition) is 3. The average molecular weight is 500 g/mol. The van der Waals surface area contributed by atoms with Gasteiger partial charge < -0.3 is 30.4 Å². The zero-order valence-corrected chi connectivity index (χ0v) is 19.5. The number of fused-ring (bicyclic) bond motifs is 1. The summed E-state index contributed by atoms with van der Waals surface area (Å²) < 4.78 is 15.2. The highest BCUT2D eigenvalue weighted by Gasteiger charge is 2.67. The smallest absolute Gasteiger partial charge is 0.354 e. The fourth-order valence-corrected chi connectivity index (χ4v) is 5.07. The lowest BCUT2D eigenvalue weighted by molar-refractivity contribution is -0.193. The first-order valence-corrected chi connectivity index (χ1v) is 11.0. The number of halogens is 1. The lowest BCUT2D eigenvalue weighted by Gasteiger charge is -2.56. The molecule has 2 aliphatic rings. The highest BCUT2D eigenvalue weighted by Crippen LogP contribution is 2.47. The molecule has 0 radical (unpaired) electrons. The van der Waals surface area contributed by atoms with Crippen molar-refractivity contribution in [3.8, 4) is 5.75 Å². The molecule has 3 rings (SSSR count). The van der Waals surface area contributed by atoms with Crippen molar-refractivity contribution in [3.63, 3.8) is 0 Å². The van der Waals surface area contributed by atoms with E-state index in [-0.39, 0.29) is 28.8 Å². The van der Waals surface area contributed by atoms with E-state index in [4.69, 9.17) is 31.5 Å². The average Bonchev–Trinajstić information content (AvgIpc) is 2.80. The molecule has 4 N–H and O–H groups in total. The quantitative estimate of drug-likeness (QED) is 0.272. The van der Waals surface area contributed by atoms with E-state index in [1.807, 2.05) is 0 Å². The Kier molecular flexibility index (Phi) is 7.22. The maximum Gasteiger partial charge on any atom is 0.354 e. The molecule has 0 bridgehead atoms. The van der Waals surface area contributed by atoms with Gasteiger partial charge >= 0.3 is 11.9 Å². The summed E-state index contributed by atoms with van der Waals surface area (Å²) in [7, 11) is 2.40. The molecular weight excluding hydrogens is 478 g/mol. The van der Waals surface area contributed by atoms with Crippen molar-refractivity contribution >= 4 is 47.1 Å². The van der Waals surface area contributed by atoms with Crippen LogP contribution in [0, 0.1) is 0 Å². The topological polar surface area (TPSA) is 157 Å². The number of rotatable bonds is 7. The minimum absolute atomic E-state index is 0.0131. The number of phenolic OH excluding ortho intramolecular Hbond substituents is 1. The van der Waals surface area contributed by atoms with Crippen molar-refractivity contribution in [2.45, 2.75) is 24.1 Å². The van der Waals surface area contributed by atoms with Crippen LogP contribution in [0.25, 0.3) is 0 Å². The molecule has 13 heteroatoms. The Balaban J connectivity index is 1.86. The Morgan fingerprint density at radius 3 is 2.67 bits per heavy atom. The van der Waals surface area contributed by atoms with Crippen LogP contribution in [0.5, 0.6) is 5.75 Å². The van der Waals surface area contributed by atoms with E-state index in [1.165, 1.54) is 44.0 Å². The minimum Gasteiger partial charge on any atom is -0.506 e. The van der Waals surface area contributed by atoms with Gasteiger partial charge in [0.15, 0.2) is 0 Å². The number of nitrogens with zero attached hydrogens (tertiary/aromatic N) is 1. The second-order valence-corrected chi connectivity index (χ2v) is 8.66. The molecule has 0 saturated carbocycles. The summed E-state index contributed by atoms with van der Waals surface area (Å²) in [5.74, 6) is -2.74. The maximum atomic E-state index is 13.2. The standard InChI is InChI=1S/C20H22ClN3O8S/c1-9(25)32-7-11-8-33-19-20(31-3,18(29)24(19)15(11)17(28)30-2)23-16(27)14(22)10-4-5-13(26)12(21)6-10/h4-6,14,19,26H,7-8,22H2,1-3H3,(H,23,27)/t14?,19-,20?/m0/s1. The van der Waals surface area contributed by atoms with E-state index in [1.54, 1.807) is 0 Å². The Morgan fingerprint density at radius 2 is 2.09 bits per heavy atom. The third-order valence-corrected chi connectivity index (χ3v) is 6.86. The maximum absolute atomic E-state index is 13.2. The number of aromatic hydroxyl groups is 1. The first-order chi connectivity index (χ1) is 15.6. The van der Waals surface area contributed by atoms with Crippen LogP contribution in [-0.2, 0) is 33.4 Å². The second-order valence-electron chi connectivity index (χ2n) is 7.18. The van der Waals surface area contributed by atoms with Gasteiger partial charge in [-0.05, 0) is 17.7 Å². The molecule has 1 fully saturated rings. The molecular formula is C20H22ClN3O8S. The molecule has 2 heterocycles. The number of carbonyl (C=O) groups excluding carboxylic acids is 4. The monoisotopic (exact) mass is 499 g/mol. The molecule has 1 saturated heterocycles. The SMILES string of the molecule is COC(=O)C1=C(COC(C)=O)CS[C@@H]2N1C(=O)C2(NC(=O)C(N)c1ccc(O)c(Cl)c1)OC. The van der Waals surface area contributed by atoms with Gasteiger partial charge in [0.1, 0.15) is 29.5 Å². The van der Waals surface area contributed by atoms with Gasteiger partial charge in [-0.25, -0.2) is 4.79 Å². The molecule has 33 heavy (non-hydrogen) atoms. The van der Waals surface area contributed by atoms with E-state index in [2.05, 4.69) is 5.32 Å². The molecule has 178 valence electrons. The normalized spacial score (nSPS) is 22.8. The summed E-state index contributed by atoms with van der Waals surface area (Å²) in [6.07, 6.45) is 0. The highest BCUT2D eigenvalue weighted by atomic mass is 35.5. The van der Waals surface area contributed by atoms with Gasteiger partial charge in [-0.3, -0.25) is 19.3 Å². The van der Waals surface area contributed by atoms with Gasteiger partial charge in [-0.2, -0.15) is 0 Å². The first kappa shape index (κ1) is 24.8. The molecule has 1 aromatic carbocycles. The summed E-state index contributed by atoms with van der Waals surface area (Å²) >= 11 is 7.09. The first-order valence-electron chi connectivity index (χ1n) is 9.57. The molecule has 11 nitrogen and oxygen atoms in total. The van der Waals surface area contributed by atoms with Crippen molar-refractivity contribution in [2.75, 3.05) is 26.6 Å². The van der Waals surface area contributed by atoms with Crippen molar-refractivity contribution in [2.24, 2.45) is 5.73 Å². The number of hydrogen-bond acceptors (Lipinski definition) is 10. The molecule has 1 aromatic rings. The van der Waals surface area contributed by atoms with Crippen LogP contribution in [0.3, 0.4) is 0 Å². The minimum atomic E-state index is -1.79. The Morgan fingerprint density at radius 1 is 1.39 bits per heavy atom. The number of thioether (sulfide) groups is 1. The lowest BCUT2D eigenvalue weighted by atomic mass is 9.97. The number of carbonyl (C=O) groups is 4. The van der Waals surface area contributed by atoms with Gasteiger partial charge in [0.2, 0.25) is 5.91 Å². The summed E-state index contributed by atoms with van der Waals surface area (Å²) in [5.41, 5.74) is 4.87. The predicted molar refractivity (Wildman–Crippen MR) is 117 cm³/mol. The van der Waals surface area contributed by atoms with Gasteiger partial charge in [0.05, 0.1) is 12.1 Å². The van der Waals surface area contributed by atoms with Crippen LogP contribution in [0.2, 0.25) is 5.02 Å². The molecule has 0 aliphatic carbocycles. The van der Waals surface area contributed by atoms with E-state index in [9.17, 15) is 24.3 Å². The van der Waals surface area contributed by atoms with Crippen LogP contribution < -0.4 is 11.1 Å². The zero-order chi connectivity index (χ0) is 24.5. The molecule has 2 aliphatic heterocycles. The van der Waals surface area contributed by atoms with E-state index in [0.29, 0.717) is 11.1 Å². The Hall–Kier alpha value is -2.80. The van der Waals surface area contributed by atoms with Crippen LogP contribution in [0.4, 0.5) is 0 Å². The van der Waals surface area contributed by atoms with Gasteiger partial charge in [0, 0.05) is 25.4 Å². The van der Waals surface area contributed by atoms with Crippen LogP contribution in [0.1, 0.15) is 18.5 Å². The van der Waals surface area contributed by atoms with E-state index >= 15 is 0 Å². The summed E-state index contributed by atoms with van der Waals surface area (Å²) in [5, 5.41) is 11.3. The van der Waals surface area contributed by atoms with Crippen LogP contribution in [-0.4, -0.2) is 71.4 Å². The molecule has 2 amide bonds. The summed E-state index contributed by atoms with van der Waals surface area (Å²) in [6, 6.07) is 2.84. The number of methoxy groups -OCH3 is 2. The zero-order valence-electron chi connectivity index (χ0n) is 17.9. The number of ether oxygens (including phenoxy) is 3. The van der Waals surface area contributed by atoms with Gasteiger partial charge in [-0.15, -0.1) is 11.8 Å². The van der Waals surface area contributed by atoms with Crippen molar-refractivity contribution in [1.29, 1.82) is 0 Å². The number of esters is 2. The lowest BCUT2D eigenvalue weighted by Crippen LogP contribution is -2.81. The largest absolute Gasteiger partial charge is 0.506 e. The third-order valence-electron chi connectivity index (χ3n) is 5.18. The predicted octanol–water partition coefficient (Wildman–Crippen LogP) is 0.410. The number of amides is 2. The van der Waals surface area contributed by atoms with E-state index < -0.39 is 40.9 Å². The molecule has 0 aromatic heterocycles. The van der Waals surface area contributed by atoms with Gasteiger partial charge in [0.25, 0.3) is 11.6 Å². The third kappa shape index (κ3) is 4.38. The number of nitrogens with one attached hydrogen (secondary N) is 1. The van der Waals surface area contributed by atoms with Crippen molar-refractivity contribution < 1.29 is 38.5 Å². The highest BCUT2D eigenvalue weighted by molar-refractivity contribution is 8.00.